The molecule has 1 aromatic heterocycles. The summed E-state index contributed by atoms with van der Waals surface area (Å²) in [6.45, 7) is 9.22. The molecule has 1 saturated heterocycles. The van der Waals surface area contributed by atoms with Crippen molar-refractivity contribution in [3.63, 3.8) is 0 Å². The second-order valence-electron chi connectivity index (χ2n) is 8.07. The van der Waals surface area contributed by atoms with Gasteiger partial charge in [0.2, 0.25) is 5.91 Å². The lowest BCUT2D eigenvalue weighted by Gasteiger charge is -2.30. The highest BCUT2D eigenvalue weighted by Gasteiger charge is 2.25. The lowest BCUT2D eigenvalue weighted by Crippen LogP contribution is -2.39. The van der Waals surface area contributed by atoms with Gasteiger partial charge in [0, 0.05) is 24.4 Å². The van der Waals surface area contributed by atoms with E-state index in [0.717, 1.165) is 56.1 Å². The summed E-state index contributed by atoms with van der Waals surface area (Å²) in [6.07, 6.45) is 2.56. The summed E-state index contributed by atoms with van der Waals surface area (Å²) in [5.41, 5.74) is 6.35. The molecule has 0 spiro atoms. The molecule has 140 valence electrons. The quantitative estimate of drug-likeness (QED) is 0.894. The van der Waals surface area contributed by atoms with Gasteiger partial charge >= 0.3 is 0 Å². The zero-order valence-electron chi connectivity index (χ0n) is 16.0. The Hall–Kier alpha value is -2.21. The number of likely N-dealkylation sites (tertiary alicyclic amines) is 1. The first kappa shape index (κ1) is 18.6. The Morgan fingerprint density at radius 1 is 1.19 bits per heavy atom. The maximum Gasteiger partial charge on any atom is 0.220 e. The second kappa shape index (κ2) is 7.58. The molecule has 1 aliphatic heterocycles. The van der Waals surface area contributed by atoms with Crippen LogP contribution in [0.1, 0.15) is 39.4 Å². The van der Waals surface area contributed by atoms with Crippen LogP contribution in [-0.2, 0) is 16.8 Å². The minimum absolute atomic E-state index is 0.0363. The summed E-state index contributed by atoms with van der Waals surface area (Å²) >= 11 is 0. The number of amides is 1. The molecule has 2 aromatic rings. The van der Waals surface area contributed by atoms with E-state index in [1.165, 1.54) is 0 Å². The predicted molar refractivity (Wildman–Crippen MR) is 103 cm³/mol. The van der Waals surface area contributed by atoms with E-state index in [1.54, 1.807) is 0 Å². The number of carbonyl (C=O) groups is 1. The van der Waals surface area contributed by atoms with Crippen molar-refractivity contribution in [3.8, 4) is 11.4 Å². The van der Waals surface area contributed by atoms with E-state index in [9.17, 15) is 4.79 Å². The van der Waals surface area contributed by atoms with E-state index < -0.39 is 0 Å². The Morgan fingerprint density at radius 3 is 2.42 bits per heavy atom. The topological polar surface area (TPSA) is 77.0 Å². The second-order valence-corrected chi connectivity index (χ2v) is 8.07. The minimum Gasteiger partial charge on any atom is -0.369 e. The molecule has 0 atom stereocenters. The third-order valence-corrected chi connectivity index (χ3v) is 4.98. The Labute approximate surface area is 155 Å². The molecule has 1 fully saturated rings. The van der Waals surface area contributed by atoms with E-state index in [0.29, 0.717) is 0 Å². The van der Waals surface area contributed by atoms with Crippen LogP contribution in [0, 0.1) is 5.92 Å². The van der Waals surface area contributed by atoms with Crippen LogP contribution < -0.4 is 5.73 Å². The van der Waals surface area contributed by atoms with Crippen LogP contribution in [0.4, 0.5) is 0 Å². The molecule has 0 radical (unpaired) electrons. The third-order valence-electron chi connectivity index (χ3n) is 4.98. The Morgan fingerprint density at radius 2 is 1.85 bits per heavy atom. The van der Waals surface area contributed by atoms with E-state index in [4.69, 9.17) is 15.8 Å². The molecule has 0 aliphatic carbocycles. The number of nitrogens with two attached hydrogens (primary N) is 1. The molecule has 2 N–H and O–H groups in total. The fourth-order valence-electron chi connectivity index (χ4n) is 3.45. The van der Waals surface area contributed by atoms with Crippen molar-refractivity contribution in [2.45, 2.75) is 45.6 Å². The van der Waals surface area contributed by atoms with E-state index >= 15 is 0 Å². The maximum absolute atomic E-state index is 11.3. The Balaban J connectivity index is 1.71. The number of aromatic nitrogens is 3. The molecular weight excluding hydrogens is 326 g/mol. The van der Waals surface area contributed by atoms with Crippen molar-refractivity contribution < 1.29 is 4.79 Å². The minimum atomic E-state index is -0.162. The number of carbonyl (C=O) groups excluding carboxylic acids is 1. The summed E-state index contributed by atoms with van der Waals surface area (Å²) < 4.78 is 2.05. The van der Waals surface area contributed by atoms with Gasteiger partial charge in [0.1, 0.15) is 5.82 Å². The van der Waals surface area contributed by atoms with Gasteiger partial charge in [0.25, 0.3) is 0 Å². The first-order valence-corrected chi connectivity index (χ1v) is 9.38. The van der Waals surface area contributed by atoms with Crippen LogP contribution in [0.25, 0.3) is 11.4 Å². The highest BCUT2D eigenvalue weighted by molar-refractivity contribution is 5.76. The summed E-state index contributed by atoms with van der Waals surface area (Å²) in [5.74, 6) is 1.66. The molecule has 0 bridgehead atoms. The molecule has 1 aromatic carbocycles. The van der Waals surface area contributed by atoms with Crippen LogP contribution >= 0.6 is 0 Å². The van der Waals surface area contributed by atoms with E-state index in [2.05, 4.69) is 25.7 Å². The van der Waals surface area contributed by atoms with Crippen LogP contribution in [0.5, 0.6) is 0 Å². The third kappa shape index (κ3) is 4.30. The zero-order valence-corrected chi connectivity index (χ0v) is 16.0. The van der Waals surface area contributed by atoms with Crippen LogP contribution in [0.15, 0.2) is 30.3 Å². The van der Waals surface area contributed by atoms with Crippen molar-refractivity contribution in [1.82, 2.24) is 19.7 Å². The lowest BCUT2D eigenvalue weighted by molar-refractivity contribution is -0.123. The summed E-state index contributed by atoms with van der Waals surface area (Å²) in [5, 5.41) is 4.78. The molecule has 1 aliphatic rings. The fourth-order valence-corrected chi connectivity index (χ4v) is 3.45. The number of hydrogen-bond donors (Lipinski definition) is 1. The first-order chi connectivity index (χ1) is 12.3. The zero-order chi connectivity index (χ0) is 18.7. The van der Waals surface area contributed by atoms with Gasteiger partial charge in [0.05, 0.1) is 5.54 Å². The SMILES string of the molecule is CC(C)(C)n1nc(-c2ccccc2)nc1CCN1CCC(C(N)=O)CC1. The summed E-state index contributed by atoms with van der Waals surface area (Å²) in [7, 11) is 0. The van der Waals surface area contributed by atoms with Gasteiger partial charge in [-0.3, -0.25) is 4.79 Å². The fraction of sp³-hybridized carbons (Fsp3) is 0.550. The van der Waals surface area contributed by atoms with E-state index in [1.807, 2.05) is 35.0 Å². The highest BCUT2D eigenvalue weighted by atomic mass is 16.1. The van der Waals surface area contributed by atoms with Crippen molar-refractivity contribution >= 4 is 5.91 Å². The predicted octanol–water partition coefficient (Wildman–Crippen LogP) is 2.44. The molecule has 6 nitrogen and oxygen atoms in total. The summed E-state index contributed by atoms with van der Waals surface area (Å²) in [4.78, 5) is 18.5. The molecule has 26 heavy (non-hydrogen) atoms. The number of piperidine rings is 1. The molecular formula is C20H29N5O. The van der Waals surface area contributed by atoms with Gasteiger partial charge < -0.3 is 10.6 Å². The van der Waals surface area contributed by atoms with Crippen LogP contribution in [0.3, 0.4) is 0 Å². The number of benzene rings is 1. The molecule has 0 unspecified atom stereocenters. The van der Waals surface area contributed by atoms with Crippen LogP contribution in [0.2, 0.25) is 0 Å². The van der Waals surface area contributed by atoms with Crippen molar-refractivity contribution in [3.05, 3.63) is 36.2 Å². The van der Waals surface area contributed by atoms with Crippen molar-refractivity contribution in [2.24, 2.45) is 11.7 Å². The average Bonchev–Trinajstić information content (AvgIpc) is 3.06. The van der Waals surface area contributed by atoms with Gasteiger partial charge in [-0.25, -0.2) is 9.67 Å². The molecule has 1 amide bonds. The van der Waals surface area contributed by atoms with Crippen molar-refractivity contribution in [1.29, 1.82) is 0 Å². The number of rotatable bonds is 5. The Kier molecular flexibility index (Phi) is 5.41. The van der Waals surface area contributed by atoms with E-state index in [-0.39, 0.29) is 17.4 Å². The summed E-state index contributed by atoms with van der Waals surface area (Å²) in [6, 6.07) is 10.1. The molecule has 2 heterocycles. The van der Waals surface area contributed by atoms with Crippen molar-refractivity contribution in [2.75, 3.05) is 19.6 Å². The highest BCUT2D eigenvalue weighted by Crippen LogP contribution is 2.22. The van der Waals surface area contributed by atoms with Gasteiger partial charge in [0.15, 0.2) is 5.82 Å². The monoisotopic (exact) mass is 355 g/mol. The number of primary amides is 1. The smallest absolute Gasteiger partial charge is 0.220 e. The standard InChI is InChI=1S/C20H29N5O/c1-20(2,3)25-17(22-19(23-25)16-7-5-4-6-8-16)11-14-24-12-9-15(10-13-24)18(21)26/h4-8,15H,9-14H2,1-3H3,(H2,21,26). The average molecular weight is 355 g/mol. The first-order valence-electron chi connectivity index (χ1n) is 9.38. The lowest BCUT2D eigenvalue weighted by atomic mass is 9.96. The van der Waals surface area contributed by atoms with Gasteiger partial charge in [-0.2, -0.15) is 5.10 Å². The normalized spacial score (nSPS) is 16.7. The Bertz CT molecular complexity index is 739. The maximum atomic E-state index is 11.3. The number of nitrogens with zero attached hydrogens (tertiary/aromatic N) is 4. The van der Waals surface area contributed by atoms with Crippen LogP contribution in [-0.4, -0.2) is 45.2 Å². The molecule has 0 saturated carbocycles. The van der Waals surface area contributed by atoms with Gasteiger partial charge in [-0.15, -0.1) is 0 Å². The molecule has 3 rings (SSSR count). The van der Waals surface area contributed by atoms with Gasteiger partial charge in [-0.05, 0) is 46.7 Å². The number of hydrogen-bond acceptors (Lipinski definition) is 4. The molecule has 6 heteroatoms. The largest absolute Gasteiger partial charge is 0.369 e. The van der Waals surface area contributed by atoms with Gasteiger partial charge in [-0.1, -0.05) is 30.3 Å².